The highest BCUT2D eigenvalue weighted by Gasteiger charge is 2.27. The van der Waals surface area contributed by atoms with Gasteiger partial charge in [-0.05, 0) is 30.0 Å². The largest absolute Gasteiger partial charge is 0.441 e. The number of benzene rings is 1. The number of thioether (sulfide) groups is 1. The van der Waals surface area contributed by atoms with Crippen molar-refractivity contribution in [2.75, 3.05) is 23.3 Å². The van der Waals surface area contributed by atoms with Gasteiger partial charge in [-0.1, -0.05) is 0 Å². The summed E-state index contributed by atoms with van der Waals surface area (Å²) in [5, 5.41) is 2.80. The summed E-state index contributed by atoms with van der Waals surface area (Å²) in [6, 6.07) is 5.18. The first-order valence-electron chi connectivity index (χ1n) is 5.14. The predicted octanol–water partition coefficient (Wildman–Crippen LogP) is 2.81. The van der Waals surface area contributed by atoms with Gasteiger partial charge in [0.1, 0.15) is 0 Å². The Morgan fingerprint density at radius 3 is 2.89 bits per heavy atom. The third-order valence-corrected chi connectivity index (χ3v) is 2.90. The van der Waals surface area contributed by atoms with Crippen molar-refractivity contribution < 1.29 is 13.2 Å². The lowest BCUT2D eigenvalue weighted by Crippen LogP contribution is -2.10. The van der Waals surface area contributed by atoms with E-state index in [9.17, 15) is 13.2 Å². The van der Waals surface area contributed by atoms with Crippen molar-refractivity contribution in [2.45, 2.75) is 5.51 Å². The minimum absolute atomic E-state index is 0.0620. The van der Waals surface area contributed by atoms with Gasteiger partial charge in [0, 0.05) is 18.0 Å². The quantitative estimate of drug-likeness (QED) is 0.593. The SMILES string of the molecule is Nc1ccc2nc(NCCSC(F)(F)F)[nH]c2c1. The molecule has 8 heteroatoms. The van der Waals surface area contributed by atoms with Gasteiger partial charge >= 0.3 is 5.51 Å². The summed E-state index contributed by atoms with van der Waals surface area (Å²) in [6.07, 6.45) is 0. The number of halogens is 3. The molecule has 0 aliphatic carbocycles. The number of aromatic amines is 1. The number of nitrogens with one attached hydrogen (secondary N) is 2. The zero-order valence-corrected chi connectivity index (χ0v) is 10.0. The zero-order chi connectivity index (χ0) is 13.2. The fraction of sp³-hybridized carbons (Fsp3) is 0.300. The molecule has 4 N–H and O–H groups in total. The Bertz CT molecular complexity index is 537. The second-order valence-corrected chi connectivity index (χ2v) is 4.74. The lowest BCUT2D eigenvalue weighted by atomic mass is 10.3. The number of fused-ring (bicyclic) bond motifs is 1. The van der Waals surface area contributed by atoms with E-state index in [2.05, 4.69) is 15.3 Å². The maximum atomic E-state index is 11.9. The Morgan fingerprint density at radius 1 is 1.39 bits per heavy atom. The summed E-state index contributed by atoms with van der Waals surface area (Å²) in [5.74, 6) is 0.376. The minimum atomic E-state index is -4.19. The molecule has 18 heavy (non-hydrogen) atoms. The highest BCUT2D eigenvalue weighted by atomic mass is 32.2. The number of nitrogens with two attached hydrogens (primary N) is 1. The van der Waals surface area contributed by atoms with Gasteiger partial charge in [0.25, 0.3) is 0 Å². The van der Waals surface area contributed by atoms with E-state index in [0.717, 1.165) is 11.0 Å². The molecule has 0 atom stereocenters. The van der Waals surface area contributed by atoms with Crippen LogP contribution in [0.1, 0.15) is 0 Å². The van der Waals surface area contributed by atoms with Gasteiger partial charge in [-0.25, -0.2) is 4.98 Å². The number of nitrogen functional groups attached to an aromatic ring is 1. The predicted molar refractivity (Wildman–Crippen MR) is 67.5 cm³/mol. The topological polar surface area (TPSA) is 66.7 Å². The van der Waals surface area contributed by atoms with Gasteiger partial charge < -0.3 is 16.0 Å². The second-order valence-electron chi connectivity index (χ2n) is 3.58. The van der Waals surface area contributed by atoms with E-state index in [4.69, 9.17) is 5.73 Å². The first kappa shape index (κ1) is 12.9. The molecular formula is C10H11F3N4S. The summed E-state index contributed by atoms with van der Waals surface area (Å²) in [7, 11) is 0. The normalized spacial score (nSPS) is 11.9. The van der Waals surface area contributed by atoms with Crippen LogP contribution in [-0.2, 0) is 0 Å². The molecule has 2 aromatic rings. The first-order valence-corrected chi connectivity index (χ1v) is 6.12. The smallest absolute Gasteiger partial charge is 0.399 e. The number of alkyl halides is 3. The molecular weight excluding hydrogens is 265 g/mol. The monoisotopic (exact) mass is 276 g/mol. The first-order chi connectivity index (χ1) is 8.44. The van der Waals surface area contributed by atoms with Gasteiger partial charge in [0.05, 0.1) is 11.0 Å². The van der Waals surface area contributed by atoms with E-state index in [1.54, 1.807) is 18.2 Å². The lowest BCUT2D eigenvalue weighted by molar-refractivity contribution is -0.0327. The fourth-order valence-corrected chi connectivity index (χ4v) is 1.88. The Kier molecular flexibility index (Phi) is 3.55. The highest BCUT2D eigenvalue weighted by Crippen LogP contribution is 2.29. The molecule has 4 nitrogen and oxygen atoms in total. The number of H-pyrrole nitrogens is 1. The average molecular weight is 276 g/mol. The van der Waals surface area contributed by atoms with Crippen molar-refractivity contribution >= 4 is 34.4 Å². The van der Waals surface area contributed by atoms with E-state index >= 15 is 0 Å². The Labute approximate surface area is 105 Å². The van der Waals surface area contributed by atoms with Crippen molar-refractivity contribution in [3.8, 4) is 0 Å². The molecule has 0 amide bonds. The number of hydrogen-bond acceptors (Lipinski definition) is 4. The van der Waals surface area contributed by atoms with Crippen LogP contribution in [0.5, 0.6) is 0 Å². The Balaban J connectivity index is 1.92. The van der Waals surface area contributed by atoms with Crippen molar-refractivity contribution in [3.05, 3.63) is 18.2 Å². The summed E-state index contributed by atoms with van der Waals surface area (Å²) in [4.78, 5) is 7.12. The summed E-state index contributed by atoms with van der Waals surface area (Å²) in [6.45, 7) is 0.180. The van der Waals surface area contributed by atoms with Crippen molar-refractivity contribution in [3.63, 3.8) is 0 Å². The molecule has 0 aliphatic heterocycles. The number of hydrogen-bond donors (Lipinski definition) is 3. The van der Waals surface area contributed by atoms with Crippen LogP contribution in [0.4, 0.5) is 24.8 Å². The number of imidazole rings is 1. The van der Waals surface area contributed by atoms with Crippen LogP contribution in [0.25, 0.3) is 11.0 Å². The molecule has 0 aliphatic rings. The van der Waals surface area contributed by atoms with Crippen LogP contribution in [0.2, 0.25) is 0 Å². The summed E-state index contributed by atoms with van der Waals surface area (Å²) >= 11 is -0.0620. The van der Waals surface area contributed by atoms with E-state index in [-0.39, 0.29) is 24.1 Å². The molecule has 0 spiro atoms. The molecule has 0 bridgehead atoms. The maximum absolute atomic E-state index is 11.9. The summed E-state index contributed by atoms with van der Waals surface area (Å²) < 4.78 is 35.7. The second kappa shape index (κ2) is 4.97. The molecule has 98 valence electrons. The molecule has 0 saturated carbocycles. The van der Waals surface area contributed by atoms with Gasteiger partial charge in [0.15, 0.2) is 0 Å². The van der Waals surface area contributed by atoms with Crippen molar-refractivity contribution in [2.24, 2.45) is 0 Å². The summed E-state index contributed by atoms with van der Waals surface area (Å²) in [5.41, 5.74) is 3.49. The number of anilines is 2. The van der Waals surface area contributed by atoms with Crippen LogP contribution < -0.4 is 11.1 Å². The molecule has 1 aromatic carbocycles. The van der Waals surface area contributed by atoms with Gasteiger partial charge in [0.2, 0.25) is 5.95 Å². The number of aromatic nitrogens is 2. The molecule has 0 fully saturated rings. The molecule has 0 saturated heterocycles. The minimum Gasteiger partial charge on any atom is -0.399 e. The highest BCUT2D eigenvalue weighted by molar-refractivity contribution is 8.00. The van der Waals surface area contributed by atoms with Crippen LogP contribution in [-0.4, -0.2) is 27.8 Å². The molecule has 1 aromatic heterocycles. The molecule has 0 radical (unpaired) electrons. The lowest BCUT2D eigenvalue weighted by Gasteiger charge is -2.05. The van der Waals surface area contributed by atoms with E-state index in [1.165, 1.54) is 0 Å². The van der Waals surface area contributed by atoms with Crippen LogP contribution in [0.15, 0.2) is 18.2 Å². The fourth-order valence-electron chi connectivity index (χ4n) is 1.45. The van der Waals surface area contributed by atoms with E-state index in [1.807, 2.05) is 0 Å². The standard InChI is InChI=1S/C10H11F3N4S/c11-10(12,13)18-4-3-15-9-16-7-2-1-6(14)5-8(7)17-9/h1-2,5H,3-4,14H2,(H2,15,16,17). The third-order valence-electron chi connectivity index (χ3n) is 2.17. The average Bonchev–Trinajstić information content (AvgIpc) is 2.65. The molecule has 2 rings (SSSR count). The Morgan fingerprint density at radius 2 is 2.17 bits per heavy atom. The zero-order valence-electron chi connectivity index (χ0n) is 9.21. The van der Waals surface area contributed by atoms with Crippen LogP contribution in [0, 0.1) is 0 Å². The third kappa shape index (κ3) is 3.46. The number of nitrogens with zero attached hydrogens (tertiary/aromatic N) is 1. The Hall–Kier alpha value is -1.57. The molecule has 0 unspecified atom stereocenters. The maximum Gasteiger partial charge on any atom is 0.441 e. The van der Waals surface area contributed by atoms with Crippen LogP contribution >= 0.6 is 11.8 Å². The van der Waals surface area contributed by atoms with Gasteiger partial charge in [-0.3, -0.25) is 0 Å². The van der Waals surface area contributed by atoms with Gasteiger partial charge in [-0.15, -0.1) is 0 Å². The van der Waals surface area contributed by atoms with E-state index < -0.39 is 5.51 Å². The number of rotatable bonds is 4. The molecule has 1 heterocycles. The van der Waals surface area contributed by atoms with Gasteiger partial charge in [-0.2, -0.15) is 13.2 Å². The van der Waals surface area contributed by atoms with E-state index in [0.29, 0.717) is 11.6 Å². The van der Waals surface area contributed by atoms with Crippen molar-refractivity contribution in [1.82, 2.24) is 9.97 Å². The van der Waals surface area contributed by atoms with Crippen molar-refractivity contribution in [1.29, 1.82) is 0 Å². The van der Waals surface area contributed by atoms with Crippen LogP contribution in [0.3, 0.4) is 0 Å².